The van der Waals surface area contributed by atoms with Gasteiger partial charge in [0, 0.05) is 9.50 Å². The summed E-state index contributed by atoms with van der Waals surface area (Å²) in [5.74, 6) is 2.19. The SMILES string of the molecule is C#CCNC(=O)C(C)Nc1cc(Cl)ccc1Br. The molecule has 17 heavy (non-hydrogen) atoms. The maximum Gasteiger partial charge on any atom is 0.242 e. The van der Waals surface area contributed by atoms with Gasteiger partial charge in [-0.25, -0.2) is 0 Å². The molecule has 3 nitrogen and oxygen atoms in total. The molecule has 0 radical (unpaired) electrons. The Labute approximate surface area is 114 Å². The molecule has 1 rings (SSSR count). The minimum atomic E-state index is -0.391. The molecule has 2 N–H and O–H groups in total. The van der Waals surface area contributed by atoms with Gasteiger partial charge in [0.2, 0.25) is 5.91 Å². The van der Waals surface area contributed by atoms with E-state index in [2.05, 4.69) is 32.5 Å². The van der Waals surface area contributed by atoms with Gasteiger partial charge in [0.05, 0.1) is 12.2 Å². The van der Waals surface area contributed by atoms with Gasteiger partial charge in [-0.1, -0.05) is 17.5 Å². The number of carbonyl (C=O) groups is 1. The molecular weight excluding hydrogens is 304 g/mol. The first-order valence-corrected chi connectivity index (χ1v) is 6.14. The molecule has 0 heterocycles. The number of rotatable bonds is 4. The molecule has 0 fully saturated rings. The third-order valence-corrected chi connectivity index (χ3v) is 2.98. The van der Waals surface area contributed by atoms with Crippen LogP contribution in [0.25, 0.3) is 0 Å². The normalized spacial score (nSPS) is 11.4. The van der Waals surface area contributed by atoms with Gasteiger partial charge in [-0.3, -0.25) is 4.79 Å². The summed E-state index contributed by atoms with van der Waals surface area (Å²) >= 11 is 9.25. The van der Waals surface area contributed by atoms with Crippen LogP contribution in [0.15, 0.2) is 22.7 Å². The van der Waals surface area contributed by atoms with Crippen LogP contribution in [0, 0.1) is 12.3 Å². The Morgan fingerprint density at radius 3 is 3.00 bits per heavy atom. The predicted octanol–water partition coefficient (Wildman–Crippen LogP) is 2.65. The van der Waals surface area contributed by atoms with Crippen molar-refractivity contribution in [1.82, 2.24) is 5.32 Å². The number of carbonyl (C=O) groups excluding carboxylic acids is 1. The third-order valence-electron chi connectivity index (χ3n) is 2.06. The van der Waals surface area contributed by atoms with Crippen molar-refractivity contribution in [2.75, 3.05) is 11.9 Å². The van der Waals surface area contributed by atoms with E-state index in [9.17, 15) is 4.79 Å². The Balaban J connectivity index is 2.67. The van der Waals surface area contributed by atoms with Gasteiger partial charge in [0.1, 0.15) is 6.04 Å². The smallest absolute Gasteiger partial charge is 0.242 e. The summed E-state index contributed by atoms with van der Waals surface area (Å²) in [5.41, 5.74) is 0.765. The van der Waals surface area contributed by atoms with Crippen LogP contribution >= 0.6 is 27.5 Å². The molecule has 1 amide bonds. The van der Waals surface area contributed by atoms with Crippen LogP contribution in [0.5, 0.6) is 0 Å². The van der Waals surface area contributed by atoms with E-state index in [0.29, 0.717) is 5.02 Å². The molecule has 0 aromatic heterocycles. The van der Waals surface area contributed by atoms with Crippen molar-refractivity contribution in [3.8, 4) is 12.3 Å². The first kappa shape index (κ1) is 13.9. The largest absolute Gasteiger partial charge is 0.373 e. The first-order valence-electron chi connectivity index (χ1n) is 4.97. The van der Waals surface area contributed by atoms with E-state index in [1.54, 1.807) is 19.1 Å². The summed E-state index contributed by atoms with van der Waals surface area (Å²) in [4.78, 5) is 11.6. The highest BCUT2D eigenvalue weighted by molar-refractivity contribution is 9.10. The van der Waals surface area contributed by atoms with Gasteiger partial charge < -0.3 is 10.6 Å². The van der Waals surface area contributed by atoms with Gasteiger partial charge in [-0.05, 0) is 41.1 Å². The van der Waals surface area contributed by atoms with Crippen molar-refractivity contribution in [2.45, 2.75) is 13.0 Å². The Morgan fingerprint density at radius 1 is 1.65 bits per heavy atom. The zero-order valence-electron chi connectivity index (χ0n) is 9.26. The lowest BCUT2D eigenvalue weighted by atomic mass is 10.2. The summed E-state index contributed by atoms with van der Waals surface area (Å²) in [6, 6.07) is 4.94. The lowest BCUT2D eigenvalue weighted by Gasteiger charge is -2.15. The molecule has 5 heteroatoms. The fourth-order valence-electron chi connectivity index (χ4n) is 1.20. The van der Waals surface area contributed by atoms with Gasteiger partial charge in [-0.15, -0.1) is 6.42 Å². The van der Waals surface area contributed by atoms with Crippen LogP contribution in [-0.4, -0.2) is 18.5 Å². The third kappa shape index (κ3) is 4.29. The highest BCUT2D eigenvalue weighted by Gasteiger charge is 2.12. The number of amides is 1. The van der Waals surface area contributed by atoms with Gasteiger partial charge in [0.25, 0.3) is 0 Å². The topological polar surface area (TPSA) is 41.1 Å². The summed E-state index contributed by atoms with van der Waals surface area (Å²) in [6.45, 7) is 1.97. The number of nitrogens with one attached hydrogen (secondary N) is 2. The Hall–Kier alpha value is -1.18. The molecule has 1 aromatic carbocycles. The first-order chi connectivity index (χ1) is 8.04. The van der Waals surface area contributed by atoms with Crippen molar-refractivity contribution >= 4 is 39.1 Å². The molecule has 0 bridgehead atoms. The van der Waals surface area contributed by atoms with Crippen LogP contribution in [-0.2, 0) is 4.79 Å². The lowest BCUT2D eigenvalue weighted by molar-refractivity contribution is -0.121. The quantitative estimate of drug-likeness (QED) is 0.839. The maximum atomic E-state index is 11.6. The molecule has 1 unspecified atom stereocenters. The fraction of sp³-hybridized carbons (Fsp3) is 0.250. The van der Waals surface area contributed by atoms with E-state index in [0.717, 1.165) is 10.2 Å². The summed E-state index contributed by atoms with van der Waals surface area (Å²) in [5, 5.41) is 6.25. The lowest BCUT2D eigenvalue weighted by Crippen LogP contribution is -2.37. The Bertz CT molecular complexity index is 456. The number of hydrogen-bond acceptors (Lipinski definition) is 2. The van der Waals surface area contributed by atoms with E-state index in [1.165, 1.54) is 0 Å². The molecule has 0 saturated heterocycles. The number of halogens is 2. The fourth-order valence-corrected chi connectivity index (χ4v) is 1.73. The molecule has 1 atom stereocenters. The van der Waals surface area contributed by atoms with E-state index in [1.807, 2.05) is 6.07 Å². The minimum absolute atomic E-state index is 0.158. The van der Waals surface area contributed by atoms with Crippen LogP contribution in [0.2, 0.25) is 5.02 Å². The molecule has 0 aliphatic rings. The molecule has 0 aliphatic carbocycles. The van der Waals surface area contributed by atoms with E-state index >= 15 is 0 Å². The molecular formula is C12H12BrClN2O. The zero-order chi connectivity index (χ0) is 12.8. The molecule has 0 saturated carbocycles. The Morgan fingerprint density at radius 2 is 2.35 bits per heavy atom. The highest BCUT2D eigenvalue weighted by Crippen LogP contribution is 2.26. The zero-order valence-corrected chi connectivity index (χ0v) is 11.6. The molecule has 0 aliphatic heterocycles. The van der Waals surface area contributed by atoms with Crippen molar-refractivity contribution < 1.29 is 4.79 Å². The van der Waals surface area contributed by atoms with Crippen LogP contribution in [0.4, 0.5) is 5.69 Å². The van der Waals surface area contributed by atoms with Crippen LogP contribution in [0.1, 0.15) is 6.92 Å². The van der Waals surface area contributed by atoms with Crippen LogP contribution in [0.3, 0.4) is 0 Å². The summed E-state index contributed by atoms with van der Waals surface area (Å²) in [6.07, 6.45) is 5.06. The number of hydrogen-bond donors (Lipinski definition) is 2. The number of terminal acetylenes is 1. The average molecular weight is 316 g/mol. The summed E-state index contributed by atoms with van der Waals surface area (Å²) < 4.78 is 0.846. The van der Waals surface area contributed by atoms with E-state index < -0.39 is 6.04 Å². The van der Waals surface area contributed by atoms with Crippen molar-refractivity contribution in [1.29, 1.82) is 0 Å². The number of benzene rings is 1. The monoisotopic (exact) mass is 314 g/mol. The second kappa shape index (κ2) is 6.53. The standard InChI is InChI=1S/C12H12BrClN2O/c1-3-6-15-12(17)8(2)16-11-7-9(14)4-5-10(11)13/h1,4-5,7-8,16H,6H2,2H3,(H,15,17). The second-order valence-electron chi connectivity index (χ2n) is 3.41. The second-order valence-corrected chi connectivity index (χ2v) is 4.70. The van der Waals surface area contributed by atoms with E-state index in [4.69, 9.17) is 18.0 Å². The molecule has 90 valence electrons. The van der Waals surface area contributed by atoms with Crippen molar-refractivity contribution in [3.63, 3.8) is 0 Å². The predicted molar refractivity (Wildman–Crippen MR) is 74.1 cm³/mol. The van der Waals surface area contributed by atoms with Gasteiger partial charge in [0.15, 0.2) is 0 Å². The maximum absolute atomic E-state index is 11.6. The highest BCUT2D eigenvalue weighted by atomic mass is 79.9. The minimum Gasteiger partial charge on any atom is -0.373 e. The average Bonchev–Trinajstić information content (AvgIpc) is 2.30. The van der Waals surface area contributed by atoms with Crippen molar-refractivity contribution in [2.24, 2.45) is 0 Å². The van der Waals surface area contributed by atoms with Crippen LogP contribution < -0.4 is 10.6 Å². The van der Waals surface area contributed by atoms with E-state index in [-0.39, 0.29) is 12.5 Å². The Kier molecular flexibility index (Phi) is 5.33. The number of anilines is 1. The summed E-state index contributed by atoms with van der Waals surface area (Å²) in [7, 11) is 0. The van der Waals surface area contributed by atoms with Crippen molar-refractivity contribution in [3.05, 3.63) is 27.7 Å². The van der Waals surface area contributed by atoms with Gasteiger partial charge >= 0.3 is 0 Å². The molecule has 1 aromatic rings. The molecule has 0 spiro atoms. The van der Waals surface area contributed by atoms with Gasteiger partial charge in [-0.2, -0.15) is 0 Å².